The predicted molar refractivity (Wildman–Crippen MR) is 42.4 cm³/mol. The third kappa shape index (κ3) is 2.89. The monoisotopic (exact) mass is 159 g/mol. The first-order chi connectivity index (χ1) is 5.10. The third-order valence-electron chi connectivity index (χ3n) is 2.48. The molecule has 0 N–H and O–H groups in total. The number of quaternary nitrogens is 1. The lowest BCUT2D eigenvalue weighted by atomic mass is 10.3. The Morgan fingerprint density at radius 2 is 1.45 bits per heavy atom. The SMILES string of the molecule is CC[N+](CC)(CC)CC([O])=O. The van der Waals surface area contributed by atoms with E-state index in [1.807, 2.05) is 20.8 Å². The minimum Gasteiger partial charge on any atom is -0.315 e. The van der Waals surface area contributed by atoms with Crippen molar-refractivity contribution in [3.05, 3.63) is 0 Å². The van der Waals surface area contributed by atoms with E-state index in [0.717, 1.165) is 19.6 Å². The molecule has 0 atom stereocenters. The zero-order valence-electron chi connectivity index (χ0n) is 7.59. The first-order valence-corrected chi connectivity index (χ1v) is 4.15. The molecular formula is C8H17NO2+. The Morgan fingerprint density at radius 3 is 1.55 bits per heavy atom. The number of hydrogen-bond donors (Lipinski definition) is 0. The molecule has 0 fully saturated rings. The van der Waals surface area contributed by atoms with Gasteiger partial charge in [0.25, 0.3) is 0 Å². The molecule has 0 rings (SSSR count). The first-order valence-electron chi connectivity index (χ1n) is 4.15. The molecular weight excluding hydrogens is 142 g/mol. The van der Waals surface area contributed by atoms with E-state index in [1.165, 1.54) is 0 Å². The molecule has 0 aliphatic carbocycles. The van der Waals surface area contributed by atoms with Gasteiger partial charge in [-0.3, -0.25) is 0 Å². The van der Waals surface area contributed by atoms with Crippen LogP contribution in [-0.2, 0) is 9.90 Å². The molecule has 1 radical (unpaired) electrons. The summed E-state index contributed by atoms with van der Waals surface area (Å²) in [5.41, 5.74) is 0. The second kappa shape index (κ2) is 4.34. The average molecular weight is 159 g/mol. The number of carbonyl (C=O) groups is 1. The molecule has 0 saturated heterocycles. The Hall–Kier alpha value is -0.570. The molecule has 0 aromatic heterocycles. The number of likely N-dealkylation sites (N-methyl/N-ethyl adjacent to an activating group) is 1. The zero-order chi connectivity index (χ0) is 8.91. The summed E-state index contributed by atoms with van der Waals surface area (Å²) >= 11 is 0. The Kier molecular flexibility index (Phi) is 4.11. The fraction of sp³-hybridized carbons (Fsp3) is 0.875. The van der Waals surface area contributed by atoms with Crippen LogP contribution in [0, 0.1) is 0 Å². The van der Waals surface area contributed by atoms with Gasteiger partial charge in [0, 0.05) is 0 Å². The molecule has 3 heteroatoms. The molecule has 0 amide bonds. The standard InChI is InChI=1S/C8H17NO2/c1-4-9(5-2,6-3)7-8(10)11/h4-7H2,1-3H3/q+1. The lowest BCUT2D eigenvalue weighted by molar-refractivity contribution is -0.916. The molecule has 0 saturated carbocycles. The molecule has 0 spiro atoms. The summed E-state index contributed by atoms with van der Waals surface area (Å²) in [5.74, 6) is -0.949. The van der Waals surface area contributed by atoms with Crippen molar-refractivity contribution in [3.8, 4) is 0 Å². The van der Waals surface area contributed by atoms with Crippen molar-refractivity contribution in [2.45, 2.75) is 20.8 Å². The van der Waals surface area contributed by atoms with Gasteiger partial charge in [-0.1, -0.05) is 0 Å². The van der Waals surface area contributed by atoms with E-state index in [1.54, 1.807) is 0 Å². The van der Waals surface area contributed by atoms with Crippen molar-refractivity contribution in [2.75, 3.05) is 26.2 Å². The maximum Gasteiger partial charge on any atom is 0.409 e. The van der Waals surface area contributed by atoms with E-state index in [2.05, 4.69) is 0 Å². The maximum atomic E-state index is 10.4. The van der Waals surface area contributed by atoms with Gasteiger partial charge < -0.3 is 4.48 Å². The van der Waals surface area contributed by atoms with Gasteiger partial charge in [0.05, 0.1) is 19.6 Å². The van der Waals surface area contributed by atoms with Crippen LogP contribution in [0.2, 0.25) is 0 Å². The van der Waals surface area contributed by atoms with Crippen molar-refractivity contribution in [3.63, 3.8) is 0 Å². The quantitative estimate of drug-likeness (QED) is 0.547. The van der Waals surface area contributed by atoms with Crippen molar-refractivity contribution >= 4 is 5.97 Å². The molecule has 65 valence electrons. The second-order valence-electron chi connectivity index (χ2n) is 2.82. The summed E-state index contributed by atoms with van der Waals surface area (Å²) in [7, 11) is 0. The largest absolute Gasteiger partial charge is 0.409 e. The lowest BCUT2D eigenvalue weighted by Crippen LogP contribution is -2.50. The summed E-state index contributed by atoms with van der Waals surface area (Å²) in [4.78, 5) is 10.4. The van der Waals surface area contributed by atoms with E-state index in [-0.39, 0.29) is 6.54 Å². The number of hydrogen-bond acceptors (Lipinski definition) is 1. The molecule has 0 unspecified atom stereocenters. The van der Waals surface area contributed by atoms with Gasteiger partial charge in [0.1, 0.15) is 0 Å². The lowest BCUT2D eigenvalue weighted by Gasteiger charge is -2.33. The fourth-order valence-corrected chi connectivity index (χ4v) is 1.28. The molecule has 0 bridgehead atoms. The average Bonchev–Trinajstić information content (AvgIpc) is 2.00. The van der Waals surface area contributed by atoms with Gasteiger partial charge in [0.15, 0.2) is 6.54 Å². The molecule has 11 heavy (non-hydrogen) atoms. The summed E-state index contributed by atoms with van der Waals surface area (Å²) in [6, 6.07) is 0. The highest BCUT2D eigenvalue weighted by Crippen LogP contribution is 2.04. The van der Waals surface area contributed by atoms with Crippen molar-refractivity contribution < 1.29 is 14.4 Å². The zero-order valence-corrected chi connectivity index (χ0v) is 7.59. The van der Waals surface area contributed by atoms with Crippen LogP contribution in [0.3, 0.4) is 0 Å². The van der Waals surface area contributed by atoms with Crippen LogP contribution in [0.5, 0.6) is 0 Å². The molecule has 0 aliphatic heterocycles. The van der Waals surface area contributed by atoms with Gasteiger partial charge >= 0.3 is 5.97 Å². The molecule has 0 heterocycles. The Morgan fingerprint density at radius 1 is 1.09 bits per heavy atom. The number of carbonyl (C=O) groups excluding carboxylic acids is 1. The van der Waals surface area contributed by atoms with Crippen LogP contribution < -0.4 is 0 Å². The van der Waals surface area contributed by atoms with Crippen molar-refractivity contribution in [2.24, 2.45) is 0 Å². The van der Waals surface area contributed by atoms with Gasteiger partial charge in [-0.2, -0.15) is 0 Å². The van der Waals surface area contributed by atoms with E-state index in [0.29, 0.717) is 4.48 Å². The van der Waals surface area contributed by atoms with Crippen LogP contribution in [0.25, 0.3) is 0 Å². The minimum atomic E-state index is -0.949. The van der Waals surface area contributed by atoms with Crippen LogP contribution in [0.4, 0.5) is 0 Å². The fourth-order valence-electron chi connectivity index (χ4n) is 1.28. The van der Waals surface area contributed by atoms with Crippen LogP contribution >= 0.6 is 0 Å². The van der Waals surface area contributed by atoms with Crippen molar-refractivity contribution in [1.82, 2.24) is 0 Å². The normalized spacial score (nSPS) is 11.5. The minimum absolute atomic E-state index is 0.142. The Labute approximate surface area is 68.2 Å². The molecule has 0 aliphatic rings. The third-order valence-corrected chi connectivity index (χ3v) is 2.48. The summed E-state index contributed by atoms with van der Waals surface area (Å²) in [6.07, 6.45) is 0. The van der Waals surface area contributed by atoms with E-state index in [4.69, 9.17) is 0 Å². The van der Waals surface area contributed by atoms with Gasteiger partial charge in [0.2, 0.25) is 0 Å². The molecule has 0 aromatic rings. The highest BCUT2D eigenvalue weighted by Gasteiger charge is 2.24. The van der Waals surface area contributed by atoms with E-state index >= 15 is 0 Å². The predicted octanol–water partition coefficient (Wildman–Crippen LogP) is 0.820. The van der Waals surface area contributed by atoms with Crippen LogP contribution in [-0.4, -0.2) is 36.6 Å². The summed E-state index contributed by atoms with van der Waals surface area (Å²) < 4.78 is 0.627. The second-order valence-corrected chi connectivity index (χ2v) is 2.82. The Balaban J connectivity index is 4.16. The van der Waals surface area contributed by atoms with Gasteiger partial charge in [-0.25, -0.2) is 9.90 Å². The number of rotatable bonds is 5. The molecule has 3 nitrogen and oxygen atoms in total. The van der Waals surface area contributed by atoms with Gasteiger partial charge in [-0.15, -0.1) is 0 Å². The number of nitrogens with zero attached hydrogens (tertiary/aromatic N) is 1. The van der Waals surface area contributed by atoms with E-state index in [9.17, 15) is 9.90 Å². The highest BCUT2D eigenvalue weighted by atomic mass is 16.4. The van der Waals surface area contributed by atoms with Crippen molar-refractivity contribution in [1.29, 1.82) is 0 Å². The topological polar surface area (TPSA) is 37.0 Å². The molecule has 0 aromatic carbocycles. The van der Waals surface area contributed by atoms with Gasteiger partial charge in [-0.05, 0) is 20.8 Å². The van der Waals surface area contributed by atoms with Crippen LogP contribution in [0.15, 0.2) is 0 Å². The smallest absolute Gasteiger partial charge is 0.315 e. The van der Waals surface area contributed by atoms with E-state index < -0.39 is 5.97 Å². The summed E-state index contributed by atoms with van der Waals surface area (Å²) in [6.45, 7) is 8.76. The van der Waals surface area contributed by atoms with Crippen LogP contribution in [0.1, 0.15) is 20.8 Å². The Bertz CT molecular complexity index is 122. The maximum absolute atomic E-state index is 10.4. The first kappa shape index (κ1) is 10.4. The summed E-state index contributed by atoms with van der Waals surface area (Å²) in [5, 5.41) is 10.4. The highest BCUT2D eigenvalue weighted by molar-refractivity contribution is 5.67.